The molecule has 1 aliphatic rings. The van der Waals surface area contributed by atoms with E-state index >= 15 is 0 Å². The molecule has 0 aliphatic carbocycles. The Labute approximate surface area is 196 Å². The maximum absolute atomic E-state index is 12.7. The summed E-state index contributed by atoms with van der Waals surface area (Å²) in [4.78, 5) is 10.6. The van der Waals surface area contributed by atoms with Crippen molar-refractivity contribution in [1.29, 1.82) is 0 Å². The number of sulfone groups is 1. The van der Waals surface area contributed by atoms with E-state index in [0.29, 0.717) is 42.9 Å². The van der Waals surface area contributed by atoms with Gasteiger partial charge < -0.3 is 9.64 Å². The van der Waals surface area contributed by atoms with Gasteiger partial charge in [0, 0.05) is 31.1 Å². The Balaban J connectivity index is 1.27. The summed E-state index contributed by atoms with van der Waals surface area (Å²) in [5.74, 6) is 1.52. The quantitative estimate of drug-likeness (QED) is 0.490. The number of hydrogen-bond donors (Lipinski definition) is 0. The first-order valence-electron chi connectivity index (χ1n) is 10.8. The molecule has 3 heterocycles. The highest BCUT2D eigenvalue weighted by Gasteiger charge is 2.31. The minimum Gasteiger partial charge on any atom is -0.492 e. The van der Waals surface area contributed by atoms with Gasteiger partial charge in [-0.2, -0.15) is 13.2 Å². The third-order valence-corrected chi connectivity index (χ3v) is 6.94. The molecule has 1 aliphatic heterocycles. The summed E-state index contributed by atoms with van der Waals surface area (Å²) in [6, 6.07) is 12.7. The first-order chi connectivity index (χ1) is 16.1. The SMILES string of the molecule is CS(=O)(=O)c1ccc(-c2ccc(OCC3CCN(c4ccc(C(F)(F)F)cn4)CC3)cn2)cc1. The molecule has 3 aromatic rings. The van der Waals surface area contributed by atoms with E-state index in [4.69, 9.17) is 4.74 Å². The topological polar surface area (TPSA) is 72.4 Å². The number of piperidine rings is 1. The highest BCUT2D eigenvalue weighted by molar-refractivity contribution is 7.90. The van der Waals surface area contributed by atoms with Crippen LogP contribution in [0.5, 0.6) is 5.75 Å². The lowest BCUT2D eigenvalue weighted by Crippen LogP contribution is -2.36. The van der Waals surface area contributed by atoms with E-state index in [1.807, 2.05) is 17.0 Å². The molecule has 0 unspecified atom stereocenters. The maximum Gasteiger partial charge on any atom is 0.417 e. The molecule has 180 valence electrons. The van der Waals surface area contributed by atoms with Gasteiger partial charge in [-0.1, -0.05) is 12.1 Å². The number of rotatable bonds is 6. The van der Waals surface area contributed by atoms with E-state index in [0.717, 1.165) is 30.7 Å². The highest BCUT2D eigenvalue weighted by Crippen LogP contribution is 2.30. The van der Waals surface area contributed by atoms with Crippen LogP contribution in [-0.2, 0) is 16.0 Å². The van der Waals surface area contributed by atoms with Gasteiger partial charge in [-0.3, -0.25) is 4.98 Å². The molecular weight excluding hydrogens is 467 g/mol. The van der Waals surface area contributed by atoms with Gasteiger partial charge >= 0.3 is 6.18 Å². The lowest BCUT2D eigenvalue weighted by molar-refractivity contribution is -0.137. The molecule has 1 fully saturated rings. The van der Waals surface area contributed by atoms with Crippen LogP contribution in [0.15, 0.2) is 65.8 Å². The predicted octanol–water partition coefficient (Wildman–Crippen LogP) is 4.86. The van der Waals surface area contributed by atoms with Crippen molar-refractivity contribution in [2.24, 2.45) is 5.92 Å². The average Bonchev–Trinajstić information content (AvgIpc) is 2.82. The average molecular weight is 492 g/mol. The van der Waals surface area contributed by atoms with Gasteiger partial charge in [-0.25, -0.2) is 13.4 Å². The van der Waals surface area contributed by atoms with Crippen molar-refractivity contribution in [3.63, 3.8) is 0 Å². The largest absolute Gasteiger partial charge is 0.492 e. The summed E-state index contributed by atoms with van der Waals surface area (Å²) in [6.07, 6.45) is 0.998. The van der Waals surface area contributed by atoms with E-state index in [1.54, 1.807) is 30.5 Å². The van der Waals surface area contributed by atoms with Gasteiger partial charge in [0.1, 0.15) is 11.6 Å². The van der Waals surface area contributed by atoms with Crippen molar-refractivity contribution >= 4 is 15.7 Å². The van der Waals surface area contributed by atoms with Crippen LogP contribution in [0.25, 0.3) is 11.3 Å². The van der Waals surface area contributed by atoms with E-state index in [9.17, 15) is 21.6 Å². The molecule has 2 aromatic heterocycles. The third-order valence-electron chi connectivity index (χ3n) is 5.81. The number of anilines is 1. The van der Waals surface area contributed by atoms with Crippen LogP contribution in [0.2, 0.25) is 0 Å². The van der Waals surface area contributed by atoms with E-state index in [1.165, 1.54) is 12.3 Å². The first-order valence-corrected chi connectivity index (χ1v) is 12.7. The van der Waals surface area contributed by atoms with Gasteiger partial charge in [0.2, 0.25) is 0 Å². The number of hydrogen-bond acceptors (Lipinski definition) is 6. The summed E-state index contributed by atoms with van der Waals surface area (Å²) in [5.41, 5.74) is 0.776. The lowest BCUT2D eigenvalue weighted by Gasteiger charge is -2.32. The molecule has 0 amide bonds. The van der Waals surface area contributed by atoms with Crippen molar-refractivity contribution in [2.75, 3.05) is 30.9 Å². The molecule has 0 radical (unpaired) electrons. The molecule has 10 heteroatoms. The van der Waals surface area contributed by atoms with Crippen molar-refractivity contribution in [1.82, 2.24) is 9.97 Å². The molecule has 1 aromatic carbocycles. The molecule has 0 N–H and O–H groups in total. The molecule has 0 saturated carbocycles. The second-order valence-corrected chi connectivity index (χ2v) is 10.3. The standard InChI is InChI=1S/C24H24F3N3O3S/c1-34(31,32)21-6-2-18(3-7-21)22-8-5-20(15-28-22)33-16-17-10-12-30(13-11-17)23-9-4-19(14-29-23)24(25,26)27/h2-9,14-15,17H,10-13,16H2,1H3. The Morgan fingerprint density at radius 2 is 1.68 bits per heavy atom. The summed E-state index contributed by atoms with van der Waals surface area (Å²) in [7, 11) is -3.24. The van der Waals surface area contributed by atoms with Crippen LogP contribution in [-0.4, -0.2) is 44.3 Å². The fraction of sp³-hybridized carbons (Fsp3) is 0.333. The molecule has 6 nitrogen and oxygen atoms in total. The van der Waals surface area contributed by atoms with Gasteiger partial charge in [0.05, 0.1) is 29.0 Å². The smallest absolute Gasteiger partial charge is 0.417 e. The molecule has 0 spiro atoms. The first kappa shape index (κ1) is 24.0. The van der Waals surface area contributed by atoms with E-state index < -0.39 is 21.6 Å². The van der Waals surface area contributed by atoms with Crippen LogP contribution in [0.1, 0.15) is 18.4 Å². The van der Waals surface area contributed by atoms with Crippen molar-refractivity contribution in [2.45, 2.75) is 23.9 Å². The van der Waals surface area contributed by atoms with Crippen molar-refractivity contribution in [3.05, 3.63) is 66.5 Å². The number of ether oxygens (including phenoxy) is 1. The predicted molar refractivity (Wildman–Crippen MR) is 122 cm³/mol. The maximum atomic E-state index is 12.7. The number of halogens is 3. The fourth-order valence-electron chi connectivity index (χ4n) is 3.79. The van der Waals surface area contributed by atoms with E-state index in [2.05, 4.69) is 9.97 Å². The lowest BCUT2D eigenvalue weighted by atomic mass is 9.98. The third kappa shape index (κ3) is 5.85. The second kappa shape index (κ2) is 9.61. The minimum atomic E-state index is -4.38. The summed E-state index contributed by atoms with van der Waals surface area (Å²) in [6.45, 7) is 1.93. The molecular formula is C24H24F3N3O3S. The minimum absolute atomic E-state index is 0.261. The van der Waals surface area contributed by atoms with Gasteiger partial charge in [-0.05, 0) is 55.2 Å². The monoisotopic (exact) mass is 491 g/mol. The number of aromatic nitrogens is 2. The van der Waals surface area contributed by atoms with Crippen LogP contribution in [0, 0.1) is 5.92 Å². The van der Waals surface area contributed by atoms with Gasteiger partial charge in [-0.15, -0.1) is 0 Å². The highest BCUT2D eigenvalue weighted by atomic mass is 32.2. The Hall–Kier alpha value is -3.14. The molecule has 0 atom stereocenters. The van der Waals surface area contributed by atoms with Crippen molar-refractivity contribution < 1.29 is 26.3 Å². The van der Waals surface area contributed by atoms with Crippen molar-refractivity contribution in [3.8, 4) is 17.0 Å². The Morgan fingerprint density at radius 1 is 0.971 bits per heavy atom. The Bertz CT molecular complexity index is 1210. The number of pyridine rings is 2. The fourth-order valence-corrected chi connectivity index (χ4v) is 4.42. The van der Waals surface area contributed by atoms with Crippen LogP contribution in [0.3, 0.4) is 0 Å². The van der Waals surface area contributed by atoms with Crippen LogP contribution in [0.4, 0.5) is 19.0 Å². The zero-order chi connectivity index (χ0) is 24.3. The molecule has 4 rings (SSSR count). The number of benzene rings is 1. The van der Waals surface area contributed by atoms with E-state index in [-0.39, 0.29) is 4.90 Å². The summed E-state index contributed by atoms with van der Waals surface area (Å²) in [5, 5.41) is 0. The molecule has 0 bridgehead atoms. The second-order valence-electron chi connectivity index (χ2n) is 8.32. The summed E-state index contributed by atoms with van der Waals surface area (Å²) >= 11 is 0. The Kier molecular flexibility index (Phi) is 6.79. The zero-order valence-corrected chi connectivity index (χ0v) is 19.3. The summed E-state index contributed by atoms with van der Waals surface area (Å²) < 4.78 is 67.2. The normalized spacial score (nSPS) is 15.4. The van der Waals surface area contributed by atoms with Crippen LogP contribution >= 0.6 is 0 Å². The number of nitrogens with zero attached hydrogens (tertiary/aromatic N) is 3. The molecule has 1 saturated heterocycles. The zero-order valence-electron chi connectivity index (χ0n) is 18.5. The van der Waals surface area contributed by atoms with Gasteiger partial charge in [0.15, 0.2) is 9.84 Å². The van der Waals surface area contributed by atoms with Crippen LogP contribution < -0.4 is 9.64 Å². The van der Waals surface area contributed by atoms with Gasteiger partial charge in [0.25, 0.3) is 0 Å². The molecule has 34 heavy (non-hydrogen) atoms. The number of alkyl halides is 3. The Morgan fingerprint density at radius 3 is 2.21 bits per heavy atom.